The third-order valence-corrected chi connectivity index (χ3v) is 3.98. The lowest BCUT2D eigenvalue weighted by atomic mass is 10.0. The first-order valence-electron chi connectivity index (χ1n) is 8.38. The third-order valence-electron chi connectivity index (χ3n) is 3.98. The van der Waals surface area contributed by atoms with Gasteiger partial charge in [0, 0.05) is 24.3 Å². The molecular formula is C20H21N5O. The monoisotopic (exact) mass is 347 g/mol. The van der Waals surface area contributed by atoms with E-state index >= 15 is 0 Å². The Morgan fingerprint density at radius 1 is 1.00 bits per heavy atom. The van der Waals surface area contributed by atoms with Crippen LogP contribution in [0.1, 0.15) is 32.7 Å². The number of rotatable bonds is 5. The van der Waals surface area contributed by atoms with E-state index < -0.39 is 0 Å². The highest BCUT2D eigenvalue weighted by Crippen LogP contribution is 2.22. The topological polar surface area (TPSA) is 79.8 Å². The minimum atomic E-state index is -0.226. The Labute approximate surface area is 152 Å². The number of carbonyl (C=O) groups is 1. The Hall–Kier alpha value is -3.28. The van der Waals surface area contributed by atoms with E-state index in [-0.39, 0.29) is 5.91 Å². The maximum Gasteiger partial charge on any atom is 0.258 e. The van der Waals surface area contributed by atoms with Crippen molar-refractivity contribution < 1.29 is 4.79 Å². The lowest BCUT2D eigenvalue weighted by molar-refractivity contribution is 0.102. The molecule has 0 fully saturated rings. The summed E-state index contributed by atoms with van der Waals surface area (Å²) in [6.07, 6.45) is 4.77. The number of aryl methyl sites for hydroxylation is 3. The van der Waals surface area contributed by atoms with Gasteiger partial charge in [0.2, 0.25) is 5.95 Å². The summed E-state index contributed by atoms with van der Waals surface area (Å²) in [7, 11) is 0. The predicted octanol–water partition coefficient (Wildman–Crippen LogP) is 3.66. The minimum Gasteiger partial charge on any atom is -0.349 e. The summed E-state index contributed by atoms with van der Waals surface area (Å²) in [5.41, 5.74) is 5.37. The van der Waals surface area contributed by atoms with E-state index in [1.165, 1.54) is 18.0 Å². The van der Waals surface area contributed by atoms with Gasteiger partial charge in [-0.2, -0.15) is 0 Å². The van der Waals surface area contributed by atoms with Crippen LogP contribution in [0.2, 0.25) is 0 Å². The molecular weight excluding hydrogens is 326 g/mol. The van der Waals surface area contributed by atoms with E-state index in [1.54, 1.807) is 6.20 Å². The Bertz CT molecular complexity index is 884. The van der Waals surface area contributed by atoms with Crippen molar-refractivity contribution in [3.05, 3.63) is 76.9 Å². The van der Waals surface area contributed by atoms with Crippen molar-refractivity contribution >= 4 is 17.5 Å². The highest BCUT2D eigenvalue weighted by atomic mass is 16.1. The van der Waals surface area contributed by atoms with Crippen LogP contribution in [0.3, 0.4) is 0 Å². The number of amides is 1. The van der Waals surface area contributed by atoms with Gasteiger partial charge < -0.3 is 10.6 Å². The molecule has 0 radical (unpaired) electrons. The number of benzene rings is 1. The van der Waals surface area contributed by atoms with E-state index in [0.717, 1.165) is 22.5 Å². The van der Waals surface area contributed by atoms with Crippen LogP contribution in [0.5, 0.6) is 0 Å². The average Bonchev–Trinajstić information content (AvgIpc) is 2.64. The molecule has 2 heterocycles. The second-order valence-corrected chi connectivity index (χ2v) is 6.20. The molecule has 3 rings (SSSR count). The zero-order chi connectivity index (χ0) is 18.5. The normalized spacial score (nSPS) is 10.4. The molecule has 132 valence electrons. The molecule has 0 bridgehead atoms. The van der Waals surface area contributed by atoms with Gasteiger partial charge >= 0.3 is 0 Å². The molecule has 6 heteroatoms. The van der Waals surface area contributed by atoms with Gasteiger partial charge in [-0.1, -0.05) is 23.8 Å². The first kappa shape index (κ1) is 17.5. The number of nitrogens with zero attached hydrogens (tertiary/aromatic N) is 3. The quantitative estimate of drug-likeness (QED) is 0.736. The Kier molecular flexibility index (Phi) is 5.22. The predicted molar refractivity (Wildman–Crippen MR) is 102 cm³/mol. The molecule has 2 N–H and O–H groups in total. The van der Waals surface area contributed by atoms with Gasteiger partial charge in [0.25, 0.3) is 5.91 Å². The molecule has 3 aromatic rings. The van der Waals surface area contributed by atoms with Gasteiger partial charge in [0.15, 0.2) is 0 Å². The summed E-state index contributed by atoms with van der Waals surface area (Å²) in [6, 6.07) is 9.80. The van der Waals surface area contributed by atoms with Gasteiger partial charge in [-0.3, -0.25) is 9.78 Å². The summed E-state index contributed by atoms with van der Waals surface area (Å²) in [5.74, 6) is 0.228. The fraction of sp³-hybridized carbons (Fsp3) is 0.200. The molecule has 1 aromatic carbocycles. The van der Waals surface area contributed by atoms with Gasteiger partial charge in [-0.05, 0) is 44.0 Å². The molecule has 6 nitrogen and oxygen atoms in total. The minimum absolute atomic E-state index is 0.226. The molecule has 26 heavy (non-hydrogen) atoms. The SMILES string of the molecule is Cc1cc(C)c(NC(=O)c2cnc(NCc3ccccn3)nc2)c(C)c1. The van der Waals surface area contributed by atoms with Crippen molar-refractivity contribution in [2.45, 2.75) is 27.3 Å². The summed E-state index contributed by atoms with van der Waals surface area (Å²) in [6.45, 7) is 6.53. The molecule has 0 aliphatic carbocycles. The molecule has 2 aromatic heterocycles. The maximum atomic E-state index is 12.5. The van der Waals surface area contributed by atoms with Crippen molar-refractivity contribution in [1.82, 2.24) is 15.0 Å². The number of pyridine rings is 1. The first-order valence-corrected chi connectivity index (χ1v) is 8.38. The summed E-state index contributed by atoms with van der Waals surface area (Å²) < 4.78 is 0. The van der Waals surface area contributed by atoms with Crippen LogP contribution in [0, 0.1) is 20.8 Å². The lowest BCUT2D eigenvalue weighted by Crippen LogP contribution is -2.15. The first-order chi connectivity index (χ1) is 12.5. The molecule has 1 amide bonds. The largest absolute Gasteiger partial charge is 0.349 e. The lowest BCUT2D eigenvalue weighted by Gasteiger charge is -2.13. The van der Waals surface area contributed by atoms with E-state index in [1.807, 2.05) is 51.1 Å². The molecule has 0 saturated heterocycles. The number of hydrogen-bond acceptors (Lipinski definition) is 5. The molecule has 0 aliphatic heterocycles. The highest BCUT2D eigenvalue weighted by Gasteiger charge is 2.11. The van der Waals surface area contributed by atoms with Crippen LogP contribution < -0.4 is 10.6 Å². The Balaban J connectivity index is 1.66. The standard InChI is InChI=1S/C20H21N5O/c1-13-8-14(2)18(15(3)9-13)25-19(26)16-10-22-20(23-11-16)24-12-17-6-4-5-7-21-17/h4-11H,12H2,1-3H3,(H,25,26)(H,22,23,24). The van der Waals surface area contributed by atoms with Crippen LogP contribution in [0.4, 0.5) is 11.6 Å². The fourth-order valence-corrected chi connectivity index (χ4v) is 2.77. The van der Waals surface area contributed by atoms with Crippen molar-refractivity contribution in [2.24, 2.45) is 0 Å². The second kappa shape index (κ2) is 7.74. The molecule has 0 unspecified atom stereocenters. The summed E-state index contributed by atoms with van der Waals surface area (Å²) in [4.78, 5) is 25.1. The van der Waals surface area contributed by atoms with Crippen molar-refractivity contribution in [1.29, 1.82) is 0 Å². The molecule has 0 aliphatic rings. The Morgan fingerprint density at radius 3 is 2.31 bits per heavy atom. The van der Waals surface area contributed by atoms with Crippen LogP contribution in [-0.4, -0.2) is 20.9 Å². The van der Waals surface area contributed by atoms with Crippen molar-refractivity contribution in [2.75, 3.05) is 10.6 Å². The smallest absolute Gasteiger partial charge is 0.258 e. The van der Waals surface area contributed by atoms with Crippen molar-refractivity contribution in [3.63, 3.8) is 0 Å². The van der Waals surface area contributed by atoms with E-state index in [0.29, 0.717) is 18.1 Å². The Morgan fingerprint density at radius 2 is 1.69 bits per heavy atom. The van der Waals surface area contributed by atoms with Gasteiger partial charge in [0.05, 0.1) is 17.8 Å². The van der Waals surface area contributed by atoms with Crippen LogP contribution in [0.15, 0.2) is 48.9 Å². The van der Waals surface area contributed by atoms with E-state index in [2.05, 4.69) is 25.6 Å². The zero-order valence-corrected chi connectivity index (χ0v) is 15.1. The van der Waals surface area contributed by atoms with Crippen molar-refractivity contribution in [3.8, 4) is 0 Å². The van der Waals surface area contributed by atoms with E-state index in [4.69, 9.17) is 0 Å². The van der Waals surface area contributed by atoms with Gasteiger partial charge in [0.1, 0.15) is 0 Å². The molecule has 0 saturated carbocycles. The highest BCUT2D eigenvalue weighted by molar-refractivity contribution is 6.04. The number of aromatic nitrogens is 3. The fourth-order valence-electron chi connectivity index (χ4n) is 2.77. The molecule has 0 spiro atoms. The second-order valence-electron chi connectivity index (χ2n) is 6.20. The zero-order valence-electron chi connectivity index (χ0n) is 15.1. The number of anilines is 2. The molecule has 0 atom stereocenters. The number of nitrogens with one attached hydrogen (secondary N) is 2. The van der Waals surface area contributed by atoms with Crippen LogP contribution >= 0.6 is 0 Å². The van der Waals surface area contributed by atoms with Crippen LogP contribution in [-0.2, 0) is 6.54 Å². The number of hydrogen-bond donors (Lipinski definition) is 2. The summed E-state index contributed by atoms with van der Waals surface area (Å²) in [5, 5.41) is 6.03. The average molecular weight is 347 g/mol. The number of carbonyl (C=O) groups excluding carboxylic acids is 1. The third kappa shape index (κ3) is 4.22. The van der Waals surface area contributed by atoms with Crippen LogP contribution in [0.25, 0.3) is 0 Å². The summed E-state index contributed by atoms with van der Waals surface area (Å²) >= 11 is 0. The van der Waals surface area contributed by atoms with Gasteiger partial charge in [-0.15, -0.1) is 0 Å². The van der Waals surface area contributed by atoms with E-state index in [9.17, 15) is 4.79 Å². The van der Waals surface area contributed by atoms with Gasteiger partial charge in [-0.25, -0.2) is 9.97 Å². The maximum absolute atomic E-state index is 12.5.